The Bertz CT molecular complexity index is 611. The number of nitrogen functional groups attached to an aromatic ring is 1. The van der Waals surface area contributed by atoms with Crippen molar-refractivity contribution in [3.05, 3.63) is 48.0 Å². The molecule has 0 unspecified atom stereocenters. The van der Waals surface area contributed by atoms with Crippen LogP contribution in [0.15, 0.2) is 42.5 Å². The molecule has 2 N–H and O–H groups in total. The van der Waals surface area contributed by atoms with E-state index in [0.717, 1.165) is 36.7 Å². The van der Waals surface area contributed by atoms with Gasteiger partial charge in [-0.05, 0) is 42.3 Å². The molecular formula is C17H20N2O2. The van der Waals surface area contributed by atoms with Crippen molar-refractivity contribution >= 4 is 11.4 Å². The molecule has 4 nitrogen and oxygen atoms in total. The molecule has 0 atom stereocenters. The summed E-state index contributed by atoms with van der Waals surface area (Å²) in [5.74, 6) is 1.69. The van der Waals surface area contributed by atoms with Gasteiger partial charge < -0.3 is 20.1 Å². The SMILES string of the molecule is COc1ccc(OCCN2CCc3cccc(N)c32)cc1. The van der Waals surface area contributed by atoms with E-state index < -0.39 is 0 Å². The largest absolute Gasteiger partial charge is 0.497 e. The van der Waals surface area contributed by atoms with Crippen LogP contribution in [0.25, 0.3) is 0 Å². The van der Waals surface area contributed by atoms with Crippen LogP contribution in [0.2, 0.25) is 0 Å². The van der Waals surface area contributed by atoms with E-state index >= 15 is 0 Å². The molecule has 0 bridgehead atoms. The smallest absolute Gasteiger partial charge is 0.119 e. The number of benzene rings is 2. The number of para-hydroxylation sites is 1. The molecule has 0 spiro atoms. The van der Waals surface area contributed by atoms with Gasteiger partial charge in [0.25, 0.3) is 0 Å². The Morgan fingerprint density at radius 1 is 1.10 bits per heavy atom. The zero-order chi connectivity index (χ0) is 14.7. The van der Waals surface area contributed by atoms with Crippen molar-refractivity contribution in [3.63, 3.8) is 0 Å². The Balaban J connectivity index is 1.57. The van der Waals surface area contributed by atoms with Crippen molar-refractivity contribution in [2.75, 3.05) is 37.4 Å². The fraction of sp³-hybridized carbons (Fsp3) is 0.294. The normalized spacial score (nSPS) is 13.1. The molecule has 0 saturated heterocycles. The first kappa shape index (κ1) is 13.6. The summed E-state index contributed by atoms with van der Waals surface area (Å²) in [6, 6.07) is 13.8. The minimum Gasteiger partial charge on any atom is -0.497 e. The number of hydrogen-bond acceptors (Lipinski definition) is 4. The summed E-state index contributed by atoms with van der Waals surface area (Å²) in [6.45, 7) is 2.49. The topological polar surface area (TPSA) is 47.7 Å². The number of rotatable bonds is 5. The van der Waals surface area contributed by atoms with Gasteiger partial charge in [-0.3, -0.25) is 0 Å². The molecule has 0 amide bonds. The Morgan fingerprint density at radius 3 is 2.62 bits per heavy atom. The van der Waals surface area contributed by atoms with Gasteiger partial charge in [-0.25, -0.2) is 0 Å². The third-order valence-electron chi connectivity index (χ3n) is 3.81. The number of fused-ring (bicyclic) bond motifs is 1. The monoisotopic (exact) mass is 284 g/mol. The van der Waals surface area contributed by atoms with Crippen molar-refractivity contribution in [2.45, 2.75) is 6.42 Å². The number of anilines is 2. The van der Waals surface area contributed by atoms with Gasteiger partial charge in [0.2, 0.25) is 0 Å². The fourth-order valence-electron chi connectivity index (χ4n) is 2.74. The first-order chi connectivity index (χ1) is 10.3. The van der Waals surface area contributed by atoms with Crippen LogP contribution in [0, 0.1) is 0 Å². The minimum absolute atomic E-state index is 0.639. The van der Waals surface area contributed by atoms with Gasteiger partial charge in [-0.15, -0.1) is 0 Å². The van der Waals surface area contributed by atoms with Gasteiger partial charge >= 0.3 is 0 Å². The van der Waals surface area contributed by atoms with Crippen LogP contribution < -0.4 is 20.1 Å². The summed E-state index contributed by atoms with van der Waals surface area (Å²) in [6.07, 6.45) is 1.06. The number of ether oxygens (including phenoxy) is 2. The highest BCUT2D eigenvalue weighted by Gasteiger charge is 2.20. The molecule has 0 aromatic heterocycles. The zero-order valence-corrected chi connectivity index (χ0v) is 12.2. The summed E-state index contributed by atoms with van der Waals surface area (Å²) >= 11 is 0. The molecule has 1 aliphatic rings. The van der Waals surface area contributed by atoms with Crippen LogP contribution >= 0.6 is 0 Å². The van der Waals surface area contributed by atoms with Gasteiger partial charge in [-0.1, -0.05) is 12.1 Å². The lowest BCUT2D eigenvalue weighted by Crippen LogP contribution is -2.26. The first-order valence-corrected chi connectivity index (χ1v) is 7.17. The van der Waals surface area contributed by atoms with Crippen molar-refractivity contribution in [3.8, 4) is 11.5 Å². The molecule has 0 aliphatic carbocycles. The molecule has 1 heterocycles. The average molecular weight is 284 g/mol. The third-order valence-corrected chi connectivity index (χ3v) is 3.81. The Hall–Kier alpha value is -2.36. The molecule has 1 aliphatic heterocycles. The minimum atomic E-state index is 0.639. The summed E-state index contributed by atoms with van der Waals surface area (Å²) in [4.78, 5) is 2.30. The summed E-state index contributed by atoms with van der Waals surface area (Å²) in [7, 11) is 1.66. The maximum atomic E-state index is 6.08. The molecule has 3 rings (SSSR count). The second kappa shape index (κ2) is 5.95. The van der Waals surface area contributed by atoms with Gasteiger partial charge in [0.05, 0.1) is 25.0 Å². The van der Waals surface area contributed by atoms with Crippen molar-refractivity contribution in [2.24, 2.45) is 0 Å². The first-order valence-electron chi connectivity index (χ1n) is 7.17. The van der Waals surface area contributed by atoms with E-state index in [1.807, 2.05) is 36.4 Å². The lowest BCUT2D eigenvalue weighted by molar-refractivity contribution is 0.323. The van der Waals surface area contributed by atoms with E-state index in [1.54, 1.807) is 7.11 Å². The average Bonchev–Trinajstić information content (AvgIpc) is 2.93. The second-order valence-corrected chi connectivity index (χ2v) is 5.12. The predicted octanol–water partition coefficient (Wildman–Crippen LogP) is 2.72. The highest BCUT2D eigenvalue weighted by Crippen LogP contribution is 2.33. The van der Waals surface area contributed by atoms with Crippen LogP contribution in [-0.4, -0.2) is 26.8 Å². The molecule has 0 saturated carbocycles. The Kier molecular flexibility index (Phi) is 3.86. The molecule has 0 radical (unpaired) electrons. The molecule has 110 valence electrons. The molecular weight excluding hydrogens is 264 g/mol. The highest BCUT2D eigenvalue weighted by molar-refractivity contribution is 5.74. The van der Waals surface area contributed by atoms with Crippen LogP contribution in [0.4, 0.5) is 11.4 Å². The zero-order valence-electron chi connectivity index (χ0n) is 12.2. The summed E-state index contributed by atoms with van der Waals surface area (Å²) in [5, 5.41) is 0. The third kappa shape index (κ3) is 2.89. The van der Waals surface area contributed by atoms with Gasteiger partial charge in [0.1, 0.15) is 18.1 Å². The number of nitrogens with zero attached hydrogens (tertiary/aromatic N) is 1. The highest BCUT2D eigenvalue weighted by atomic mass is 16.5. The van der Waals surface area contributed by atoms with Crippen LogP contribution in [0.5, 0.6) is 11.5 Å². The standard InChI is InChI=1S/C17H20N2O2/c1-20-14-5-7-15(8-6-14)21-12-11-19-10-9-13-3-2-4-16(18)17(13)19/h2-8H,9-12,18H2,1H3. The van der Waals surface area contributed by atoms with E-state index in [2.05, 4.69) is 11.0 Å². The number of nitrogens with two attached hydrogens (primary N) is 1. The number of methoxy groups -OCH3 is 1. The summed E-state index contributed by atoms with van der Waals surface area (Å²) in [5.41, 5.74) is 9.45. The molecule has 2 aromatic carbocycles. The van der Waals surface area contributed by atoms with Crippen molar-refractivity contribution in [1.29, 1.82) is 0 Å². The molecule has 0 fully saturated rings. The quantitative estimate of drug-likeness (QED) is 0.858. The van der Waals surface area contributed by atoms with E-state index in [0.29, 0.717) is 6.61 Å². The number of hydrogen-bond donors (Lipinski definition) is 1. The fourth-order valence-corrected chi connectivity index (χ4v) is 2.74. The maximum absolute atomic E-state index is 6.08. The maximum Gasteiger partial charge on any atom is 0.119 e. The lowest BCUT2D eigenvalue weighted by atomic mass is 10.1. The van der Waals surface area contributed by atoms with Gasteiger partial charge in [0, 0.05) is 6.54 Å². The van der Waals surface area contributed by atoms with Crippen LogP contribution in [-0.2, 0) is 6.42 Å². The van der Waals surface area contributed by atoms with E-state index in [4.69, 9.17) is 15.2 Å². The van der Waals surface area contributed by atoms with Crippen molar-refractivity contribution in [1.82, 2.24) is 0 Å². The Labute approximate surface area is 125 Å². The summed E-state index contributed by atoms with van der Waals surface area (Å²) < 4.78 is 10.9. The molecule has 2 aromatic rings. The van der Waals surface area contributed by atoms with E-state index in [9.17, 15) is 0 Å². The second-order valence-electron chi connectivity index (χ2n) is 5.12. The Morgan fingerprint density at radius 2 is 1.86 bits per heavy atom. The predicted molar refractivity (Wildman–Crippen MR) is 85.3 cm³/mol. The van der Waals surface area contributed by atoms with Crippen LogP contribution in [0.1, 0.15) is 5.56 Å². The lowest BCUT2D eigenvalue weighted by Gasteiger charge is -2.21. The molecule has 21 heavy (non-hydrogen) atoms. The van der Waals surface area contributed by atoms with Gasteiger partial charge in [0.15, 0.2) is 0 Å². The van der Waals surface area contributed by atoms with E-state index in [1.165, 1.54) is 11.3 Å². The van der Waals surface area contributed by atoms with Gasteiger partial charge in [-0.2, -0.15) is 0 Å². The molecule has 4 heteroatoms. The van der Waals surface area contributed by atoms with Crippen molar-refractivity contribution < 1.29 is 9.47 Å². The van der Waals surface area contributed by atoms with Crippen LogP contribution in [0.3, 0.4) is 0 Å². The van der Waals surface area contributed by atoms with E-state index in [-0.39, 0.29) is 0 Å².